The first kappa shape index (κ1) is 16.8. The first-order valence-electron chi connectivity index (χ1n) is 9.07. The van der Waals surface area contributed by atoms with Gasteiger partial charge in [-0.2, -0.15) is 4.98 Å². The van der Waals surface area contributed by atoms with Gasteiger partial charge in [0.1, 0.15) is 0 Å². The van der Waals surface area contributed by atoms with Crippen LogP contribution in [0.15, 0.2) is 45.5 Å². The average Bonchev–Trinajstić information content (AvgIpc) is 3.35. The molecule has 0 spiro atoms. The van der Waals surface area contributed by atoms with E-state index in [0.717, 1.165) is 18.5 Å². The molecule has 0 radical (unpaired) electrons. The minimum absolute atomic E-state index is 0.290. The molecule has 0 amide bonds. The van der Waals surface area contributed by atoms with E-state index in [-0.39, 0.29) is 0 Å². The van der Waals surface area contributed by atoms with Crippen LogP contribution in [0.25, 0.3) is 11.7 Å². The Morgan fingerprint density at radius 1 is 1.31 bits per heavy atom. The molecule has 0 aliphatic carbocycles. The van der Waals surface area contributed by atoms with Gasteiger partial charge >= 0.3 is 0 Å². The van der Waals surface area contributed by atoms with Crippen LogP contribution >= 0.6 is 0 Å². The molecule has 26 heavy (non-hydrogen) atoms. The lowest BCUT2D eigenvalue weighted by molar-refractivity contribution is 0.405. The largest absolute Gasteiger partial charge is 0.459 e. The Morgan fingerprint density at radius 2 is 2.15 bits per heavy atom. The van der Waals surface area contributed by atoms with Crippen molar-refractivity contribution in [1.82, 2.24) is 15.5 Å². The third kappa shape index (κ3) is 3.12. The molecule has 3 heterocycles. The third-order valence-electron chi connectivity index (χ3n) is 5.08. The van der Waals surface area contributed by atoms with Crippen molar-refractivity contribution in [2.24, 2.45) is 0 Å². The summed E-state index contributed by atoms with van der Waals surface area (Å²) in [6, 6.07) is 11.3. The molecular weight excluding hydrogens is 328 g/mol. The molecule has 3 aromatic rings. The Hall–Kier alpha value is -2.60. The number of rotatable bonds is 6. The molecule has 6 nitrogen and oxygen atoms in total. The van der Waals surface area contributed by atoms with E-state index in [1.54, 1.807) is 6.26 Å². The van der Waals surface area contributed by atoms with Gasteiger partial charge in [-0.15, -0.1) is 0 Å². The zero-order valence-electron chi connectivity index (χ0n) is 15.4. The van der Waals surface area contributed by atoms with Gasteiger partial charge in [-0.25, -0.2) is 0 Å². The zero-order chi connectivity index (χ0) is 18.1. The van der Waals surface area contributed by atoms with Crippen molar-refractivity contribution in [3.05, 3.63) is 53.5 Å². The highest BCUT2D eigenvalue weighted by Crippen LogP contribution is 2.35. The van der Waals surface area contributed by atoms with E-state index >= 15 is 0 Å². The Bertz CT molecular complexity index is 885. The van der Waals surface area contributed by atoms with Gasteiger partial charge in [-0.05, 0) is 45.0 Å². The normalized spacial score (nSPS) is 17.5. The second kappa shape index (κ2) is 6.96. The molecule has 1 aliphatic rings. The molecule has 2 aromatic heterocycles. The van der Waals surface area contributed by atoms with E-state index in [4.69, 9.17) is 8.94 Å². The van der Waals surface area contributed by atoms with Crippen molar-refractivity contribution in [2.45, 2.75) is 45.3 Å². The number of likely N-dealkylation sites (N-methyl/N-ethyl adjacent to an activating group) is 1. The monoisotopic (exact) mass is 352 g/mol. The summed E-state index contributed by atoms with van der Waals surface area (Å²) in [5, 5.41) is 7.26. The first-order chi connectivity index (χ1) is 12.7. The number of aromatic nitrogens is 2. The van der Waals surface area contributed by atoms with Crippen molar-refractivity contribution >= 4 is 5.69 Å². The number of hydrogen-bond acceptors (Lipinski definition) is 6. The van der Waals surface area contributed by atoms with Crippen molar-refractivity contribution in [3.8, 4) is 11.7 Å². The predicted octanol–water partition coefficient (Wildman–Crippen LogP) is 3.43. The molecule has 0 saturated heterocycles. The molecule has 0 bridgehead atoms. The summed E-state index contributed by atoms with van der Waals surface area (Å²) >= 11 is 0. The standard InChI is InChI=1S/C20H24N4O2/c1-13(21-3)10-18-22-20(26-23-18)19-16(8-9-25-19)12-24-14(2)11-15-6-4-5-7-17(15)24/h4-9,13-14,21H,10-12H2,1-3H3. The molecule has 2 atom stereocenters. The maximum absolute atomic E-state index is 5.69. The van der Waals surface area contributed by atoms with Crippen LogP contribution < -0.4 is 10.2 Å². The van der Waals surface area contributed by atoms with Crippen LogP contribution in [0.1, 0.15) is 30.8 Å². The molecule has 0 fully saturated rings. The van der Waals surface area contributed by atoms with Crippen LogP contribution in [-0.2, 0) is 19.4 Å². The Labute approximate surface area is 153 Å². The highest BCUT2D eigenvalue weighted by molar-refractivity contribution is 5.61. The smallest absolute Gasteiger partial charge is 0.293 e. The summed E-state index contributed by atoms with van der Waals surface area (Å²) in [5.41, 5.74) is 3.75. The maximum atomic E-state index is 5.69. The number of anilines is 1. The molecule has 0 saturated carbocycles. The molecule has 2 unspecified atom stereocenters. The molecule has 1 aromatic carbocycles. The van der Waals surface area contributed by atoms with Gasteiger partial charge in [0.2, 0.25) is 0 Å². The van der Waals surface area contributed by atoms with Crippen LogP contribution in [0.4, 0.5) is 5.69 Å². The van der Waals surface area contributed by atoms with Gasteiger partial charge in [-0.1, -0.05) is 23.4 Å². The fourth-order valence-electron chi connectivity index (χ4n) is 3.51. The SMILES string of the molecule is CNC(C)Cc1noc(-c2occc2CN2c3ccccc3CC2C)n1. The fraction of sp³-hybridized carbons (Fsp3) is 0.400. The maximum Gasteiger partial charge on any atom is 0.293 e. The van der Waals surface area contributed by atoms with Gasteiger partial charge in [0.25, 0.3) is 5.89 Å². The molecule has 1 N–H and O–H groups in total. The second-order valence-corrected chi connectivity index (χ2v) is 6.99. The minimum Gasteiger partial charge on any atom is -0.459 e. The molecular formula is C20H24N4O2. The lowest BCUT2D eigenvalue weighted by Crippen LogP contribution is -2.28. The van der Waals surface area contributed by atoms with Crippen molar-refractivity contribution in [1.29, 1.82) is 0 Å². The molecule has 4 rings (SSSR count). The van der Waals surface area contributed by atoms with Gasteiger partial charge < -0.3 is 19.2 Å². The van der Waals surface area contributed by atoms with Crippen LogP contribution in [0.3, 0.4) is 0 Å². The van der Waals surface area contributed by atoms with Gasteiger partial charge in [0.05, 0.1) is 6.26 Å². The van der Waals surface area contributed by atoms with Crippen molar-refractivity contribution in [3.63, 3.8) is 0 Å². The summed E-state index contributed by atoms with van der Waals surface area (Å²) < 4.78 is 11.1. The van der Waals surface area contributed by atoms with E-state index in [2.05, 4.69) is 58.5 Å². The molecule has 1 aliphatic heterocycles. The van der Waals surface area contributed by atoms with E-state index < -0.39 is 0 Å². The van der Waals surface area contributed by atoms with E-state index in [9.17, 15) is 0 Å². The van der Waals surface area contributed by atoms with Crippen molar-refractivity contribution < 1.29 is 8.94 Å². The highest BCUT2D eigenvalue weighted by Gasteiger charge is 2.27. The van der Waals surface area contributed by atoms with E-state index in [1.807, 2.05) is 13.1 Å². The minimum atomic E-state index is 0.290. The zero-order valence-corrected chi connectivity index (χ0v) is 15.4. The number of fused-ring (bicyclic) bond motifs is 1. The van der Waals surface area contributed by atoms with Crippen LogP contribution in [0.5, 0.6) is 0 Å². The lowest BCUT2D eigenvalue weighted by Gasteiger charge is -2.24. The van der Waals surface area contributed by atoms with Crippen molar-refractivity contribution in [2.75, 3.05) is 11.9 Å². The topological polar surface area (TPSA) is 67.3 Å². The van der Waals surface area contributed by atoms with E-state index in [1.165, 1.54) is 11.3 Å². The number of benzene rings is 1. The summed E-state index contributed by atoms with van der Waals surface area (Å²) in [6.45, 7) is 5.10. The average molecular weight is 352 g/mol. The number of furan rings is 1. The summed E-state index contributed by atoms with van der Waals surface area (Å²) in [7, 11) is 1.92. The van der Waals surface area contributed by atoms with Crippen LogP contribution in [-0.4, -0.2) is 29.3 Å². The summed E-state index contributed by atoms with van der Waals surface area (Å²) in [6.07, 6.45) is 3.47. The highest BCUT2D eigenvalue weighted by atomic mass is 16.5. The Kier molecular flexibility index (Phi) is 4.51. The van der Waals surface area contributed by atoms with Crippen LogP contribution in [0.2, 0.25) is 0 Å². The number of nitrogens with zero attached hydrogens (tertiary/aromatic N) is 3. The van der Waals surface area contributed by atoms with Gasteiger partial charge in [-0.3, -0.25) is 0 Å². The van der Waals surface area contributed by atoms with Gasteiger partial charge in [0.15, 0.2) is 11.6 Å². The molecule has 6 heteroatoms. The number of hydrogen-bond donors (Lipinski definition) is 1. The predicted molar refractivity (Wildman–Crippen MR) is 100 cm³/mol. The lowest BCUT2D eigenvalue weighted by atomic mass is 10.1. The van der Waals surface area contributed by atoms with Gasteiger partial charge in [0, 0.05) is 36.3 Å². The number of nitrogens with one attached hydrogen (secondary N) is 1. The third-order valence-corrected chi connectivity index (χ3v) is 5.08. The fourth-order valence-corrected chi connectivity index (χ4v) is 3.51. The quantitative estimate of drug-likeness (QED) is 0.733. The number of para-hydroxylation sites is 1. The molecule has 136 valence electrons. The summed E-state index contributed by atoms with van der Waals surface area (Å²) in [4.78, 5) is 6.92. The van der Waals surface area contributed by atoms with E-state index in [0.29, 0.717) is 36.0 Å². The first-order valence-corrected chi connectivity index (χ1v) is 9.07. The van der Waals surface area contributed by atoms with Crippen LogP contribution in [0, 0.1) is 0 Å². The Morgan fingerprint density at radius 3 is 3.00 bits per heavy atom. The second-order valence-electron chi connectivity index (χ2n) is 6.99. The Balaban J connectivity index is 1.57. The summed E-state index contributed by atoms with van der Waals surface area (Å²) in [5.74, 6) is 1.80.